The minimum Gasteiger partial charge on any atom is -0.450 e. The van der Waals surface area contributed by atoms with E-state index in [0.717, 1.165) is 33.4 Å². The molecule has 4 heteroatoms. The Morgan fingerprint density at radius 3 is 1.61 bits per heavy atom. The highest BCUT2D eigenvalue weighted by Crippen LogP contribution is 2.47. The van der Waals surface area contributed by atoms with Gasteiger partial charge >= 0.3 is 12.4 Å². The molecule has 0 bridgehead atoms. The maximum absolute atomic E-state index is 13.6. The van der Waals surface area contributed by atoms with E-state index in [9.17, 15) is 9.59 Å². The molecule has 1 atom stereocenters. The molecule has 0 aliphatic heterocycles. The topological polar surface area (TPSA) is 52.6 Å². The van der Waals surface area contributed by atoms with Crippen molar-refractivity contribution in [3.63, 3.8) is 0 Å². The van der Waals surface area contributed by atoms with Gasteiger partial charge in [0.05, 0.1) is 5.92 Å². The number of esters is 1. The lowest BCUT2D eigenvalue weighted by Gasteiger charge is -2.25. The van der Waals surface area contributed by atoms with Crippen LogP contribution in [0, 0.1) is 0 Å². The molecule has 4 aromatic carbocycles. The first-order valence-electron chi connectivity index (χ1n) is 10.8. The summed E-state index contributed by atoms with van der Waals surface area (Å²) < 4.78 is 11.3. The lowest BCUT2D eigenvalue weighted by molar-refractivity contribution is -0.157. The van der Waals surface area contributed by atoms with Gasteiger partial charge in [0.1, 0.15) is 0 Å². The Bertz CT molecular complexity index is 1180. The highest BCUT2D eigenvalue weighted by Gasteiger charge is 2.41. The van der Waals surface area contributed by atoms with Gasteiger partial charge in [0.25, 0.3) is 0 Å². The van der Waals surface area contributed by atoms with E-state index in [4.69, 9.17) is 9.47 Å². The minimum absolute atomic E-state index is 0.474. The Labute approximate surface area is 192 Å². The van der Waals surface area contributed by atoms with Crippen LogP contribution in [0.1, 0.15) is 34.3 Å². The second-order valence-corrected chi connectivity index (χ2v) is 7.91. The van der Waals surface area contributed by atoms with Crippen LogP contribution < -0.4 is 0 Å². The largest absolute Gasteiger partial charge is 0.450 e. The van der Waals surface area contributed by atoms with Crippen LogP contribution in [0.3, 0.4) is 0 Å². The zero-order valence-electron chi connectivity index (χ0n) is 17.8. The van der Waals surface area contributed by atoms with Gasteiger partial charge in [-0.05, 0) is 33.4 Å². The molecule has 4 aromatic rings. The fourth-order valence-electron chi connectivity index (χ4n) is 4.59. The van der Waals surface area contributed by atoms with Crippen LogP contribution in [0.4, 0.5) is 0 Å². The van der Waals surface area contributed by atoms with E-state index in [-0.39, 0.29) is 0 Å². The smallest absolute Gasteiger partial charge is 0.418 e. The Morgan fingerprint density at radius 1 is 0.667 bits per heavy atom. The molecule has 161 valence electrons. The number of rotatable bonds is 7. The van der Waals surface area contributed by atoms with Crippen molar-refractivity contribution in [2.24, 2.45) is 0 Å². The van der Waals surface area contributed by atoms with E-state index < -0.39 is 24.1 Å². The van der Waals surface area contributed by atoms with E-state index in [0.29, 0.717) is 0 Å². The van der Waals surface area contributed by atoms with Gasteiger partial charge in [0.2, 0.25) is 6.10 Å². The quantitative estimate of drug-likeness (QED) is 0.357. The molecule has 0 heterocycles. The van der Waals surface area contributed by atoms with Crippen LogP contribution in [0.2, 0.25) is 0 Å². The molecule has 0 saturated carbocycles. The van der Waals surface area contributed by atoms with Gasteiger partial charge in [0, 0.05) is 0 Å². The molecule has 0 amide bonds. The maximum atomic E-state index is 13.6. The number of fused-ring (bicyclic) bond motifs is 3. The van der Waals surface area contributed by atoms with Crippen molar-refractivity contribution in [1.29, 1.82) is 0 Å². The van der Waals surface area contributed by atoms with Gasteiger partial charge in [-0.2, -0.15) is 0 Å². The van der Waals surface area contributed by atoms with Gasteiger partial charge in [-0.25, -0.2) is 9.59 Å². The molecule has 0 spiro atoms. The molecule has 1 radical (unpaired) electrons. The van der Waals surface area contributed by atoms with Gasteiger partial charge in [-0.1, -0.05) is 109 Å². The fourth-order valence-corrected chi connectivity index (χ4v) is 4.59. The van der Waals surface area contributed by atoms with Crippen molar-refractivity contribution in [2.75, 3.05) is 0 Å². The molecule has 0 fully saturated rings. The third-order valence-corrected chi connectivity index (χ3v) is 6.03. The summed E-state index contributed by atoms with van der Waals surface area (Å²) in [7, 11) is 0. The predicted octanol–water partition coefficient (Wildman–Crippen LogP) is 5.58. The van der Waals surface area contributed by atoms with E-state index in [2.05, 4.69) is 0 Å². The summed E-state index contributed by atoms with van der Waals surface area (Å²) in [5, 5.41) is 0. The van der Waals surface area contributed by atoms with E-state index in [1.165, 1.54) is 6.47 Å². The molecule has 0 saturated heterocycles. The van der Waals surface area contributed by atoms with Crippen molar-refractivity contribution in [3.8, 4) is 11.1 Å². The van der Waals surface area contributed by atoms with Gasteiger partial charge in [0.15, 0.2) is 6.10 Å². The number of hydrogen-bond donors (Lipinski definition) is 0. The molecule has 33 heavy (non-hydrogen) atoms. The number of benzene rings is 4. The van der Waals surface area contributed by atoms with Crippen molar-refractivity contribution in [1.82, 2.24) is 0 Å². The van der Waals surface area contributed by atoms with Crippen molar-refractivity contribution < 1.29 is 19.1 Å². The molecule has 0 N–H and O–H groups in total. The summed E-state index contributed by atoms with van der Waals surface area (Å²) in [6.07, 6.45) is -1.80. The first-order chi connectivity index (χ1) is 16.3. The monoisotopic (exact) mass is 433 g/mol. The molecule has 4 nitrogen and oxygen atoms in total. The van der Waals surface area contributed by atoms with Crippen molar-refractivity contribution >= 4 is 12.4 Å². The first kappa shape index (κ1) is 20.7. The molecular formula is C29H21O4. The summed E-state index contributed by atoms with van der Waals surface area (Å²) >= 11 is 0. The molecule has 0 aromatic heterocycles. The Kier molecular flexibility index (Phi) is 5.73. The zero-order chi connectivity index (χ0) is 22.6. The lowest BCUT2D eigenvalue weighted by Crippen LogP contribution is -2.33. The maximum Gasteiger partial charge on any atom is 0.418 e. The first-order valence-corrected chi connectivity index (χ1v) is 10.8. The average molecular weight is 433 g/mol. The number of carbonyl (C=O) groups excluding carboxylic acids is 2. The Hall–Kier alpha value is -4.18. The highest BCUT2D eigenvalue weighted by atomic mass is 16.6. The van der Waals surface area contributed by atoms with E-state index in [1.54, 1.807) is 0 Å². The molecular weight excluding hydrogens is 412 g/mol. The van der Waals surface area contributed by atoms with Crippen LogP contribution in [-0.2, 0) is 19.1 Å². The summed E-state index contributed by atoms with van der Waals surface area (Å²) in [4.78, 5) is 24.9. The summed E-state index contributed by atoms with van der Waals surface area (Å²) in [6.45, 7) is 1.49. The summed E-state index contributed by atoms with van der Waals surface area (Å²) in [5.74, 6) is -1.09. The number of carbonyl (C=O) groups is 1. The average Bonchev–Trinajstić information content (AvgIpc) is 3.21. The van der Waals surface area contributed by atoms with Crippen LogP contribution in [0.5, 0.6) is 0 Å². The van der Waals surface area contributed by atoms with Gasteiger partial charge in [-0.15, -0.1) is 0 Å². The van der Waals surface area contributed by atoms with Crippen molar-refractivity contribution in [2.45, 2.75) is 18.1 Å². The predicted molar refractivity (Wildman–Crippen MR) is 125 cm³/mol. The van der Waals surface area contributed by atoms with E-state index >= 15 is 0 Å². The summed E-state index contributed by atoms with van der Waals surface area (Å²) in [6, 6.07) is 34.7. The lowest BCUT2D eigenvalue weighted by atomic mass is 9.91. The second kappa shape index (κ2) is 9.13. The SMILES string of the molecule is O=[C]OC(C(=O)OC(c1ccccc1)c1ccccc1)C1c2ccccc2-c2ccccc21. The Morgan fingerprint density at radius 2 is 1.12 bits per heavy atom. The standard InChI is InChI=1S/C29H21O4/c30-19-32-28(26-24-17-9-7-15-22(24)23-16-8-10-18-25(23)26)29(31)33-27(20-11-3-1-4-12-20)21-13-5-2-6-14-21/h1-18,26-28H. The molecule has 1 aliphatic rings. The second-order valence-electron chi connectivity index (χ2n) is 7.91. The molecule has 1 unspecified atom stereocenters. The van der Waals surface area contributed by atoms with Crippen LogP contribution in [-0.4, -0.2) is 18.5 Å². The van der Waals surface area contributed by atoms with Gasteiger partial charge < -0.3 is 9.47 Å². The van der Waals surface area contributed by atoms with E-state index in [1.807, 2.05) is 109 Å². The zero-order valence-corrected chi connectivity index (χ0v) is 17.8. The van der Waals surface area contributed by atoms with Crippen LogP contribution in [0.25, 0.3) is 11.1 Å². The Balaban J connectivity index is 1.54. The van der Waals surface area contributed by atoms with Crippen molar-refractivity contribution in [3.05, 3.63) is 131 Å². The number of ether oxygens (including phenoxy) is 2. The van der Waals surface area contributed by atoms with Crippen LogP contribution in [0.15, 0.2) is 109 Å². The highest BCUT2D eigenvalue weighted by molar-refractivity contribution is 5.85. The van der Waals surface area contributed by atoms with Crippen LogP contribution >= 0.6 is 0 Å². The summed E-state index contributed by atoms with van der Waals surface area (Å²) in [5.41, 5.74) is 5.55. The molecule has 1 aliphatic carbocycles. The fraction of sp³-hybridized carbons (Fsp3) is 0.103. The molecule has 5 rings (SSSR count). The van der Waals surface area contributed by atoms with Gasteiger partial charge in [-0.3, -0.25) is 0 Å². The third-order valence-electron chi connectivity index (χ3n) is 6.03. The normalized spacial score (nSPS) is 13.1. The number of hydrogen-bond acceptors (Lipinski definition) is 4. The third kappa shape index (κ3) is 3.92. The minimum atomic E-state index is -1.16.